The average molecular weight is 230 g/mol. The molecule has 2 nitrogen and oxygen atoms in total. The van der Waals surface area contributed by atoms with Crippen molar-refractivity contribution in [2.24, 2.45) is 0 Å². The Morgan fingerprint density at radius 1 is 0.941 bits per heavy atom. The molecule has 0 unspecified atom stereocenters. The van der Waals surface area contributed by atoms with Crippen LogP contribution in [0.4, 0.5) is 11.4 Å². The molecular formula is C15H22N2. The minimum absolute atomic E-state index is 0.686. The second-order valence-electron chi connectivity index (χ2n) is 4.11. The van der Waals surface area contributed by atoms with E-state index in [1.807, 2.05) is 38.2 Å². The lowest BCUT2D eigenvalue weighted by Gasteiger charge is -2.17. The van der Waals surface area contributed by atoms with Gasteiger partial charge in [0.2, 0.25) is 0 Å². The number of nitrogen functional groups attached to an aromatic ring is 2. The van der Waals surface area contributed by atoms with Gasteiger partial charge in [0.1, 0.15) is 0 Å². The van der Waals surface area contributed by atoms with Crippen molar-refractivity contribution in [1.82, 2.24) is 0 Å². The molecular weight excluding hydrogens is 208 g/mol. The van der Waals surface area contributed by atoms with Gasteiger partial charge in [-0.05, 0) is 38.3 Å². The van der Waals surface area contributed by atoms with Crippen LogP contribution >= 0.6 is 0 Å². The predicted octanol–water partition coefficient (Wildman–Crippen LogP) is 3.79. The van der Waals surface area contributed by atoms with E-state index in [0.29, 0.717) is 11.4 Å². The maximum atomic E-state index is 6.13. The van der Waals surface area contributed by atoms with E-state index in [0.717, 1.165) is 17.5 Å². The van der Waals surface area contributed by atoms with Crippen molar-refractivity contribution in [3.63, 3.8) is 0 Å². The van der Waals surface area contributed by atoms with Gasteiger partial charge in [-0.2, -0.15) is 0 Å². The van der Waals surface area contributed by atoms with Gasteiger partial charge in [0.05, 0.1) is 11.4 Å². The maximum Gasteiger partial charge on any atom is 0.0630 e. The van der Waals surface area contributed by atoms with E-state index in [4.69, 9.17) is 11.5 Å². The van der Waals surface area contributed by atoms with Crippen LogP contribution in [0.1, 0.15) is 43.0 Å². The lowest BCUT2D eigenvalue weighted by atomic mass is 9.91. The molecule has 1 aromatic rings. The number of nitrogens with two attached hydrogens (primary N) is 2. The summed E-state index contributed by atoms with van der Waals surface area (Å²) in [5.41, 5.74) is 18.3. The molecule has 0 aromatic heterocycles. The van der Waals surface area contributed by atoms with E-state index in [1.165, 1.54) is 11.1 Å². The highest BCUT2D eigenvalue weighted by atomic mass is 14.7. The molecule has 0 heterocycles. The van der Waals surface area contributed by atoms with Gasteiger partial charge in [-0.15, -0.1) is 0 Å². The summed E-state index contributed by atoms with van der Waals surface area (Å²) in [5.74, 6) is 0. The van der Waals surface area contributed by atoms with Crippen molar-refractivity contribution in [2.45, 2.75) is 34.1 Å². The molecule has 0 fully saturated rings. The molecule has 0 aliphatic heterocycles. The van der Waals surface area contributed by atoms with E-state index >= 15 is 0 Å². The Morgan fingerprint density at radius 2 is 1.41 bits per heavy atom. The van der Waals surface area contributed by atoms with Crippen molar-refractivity contribution in [3.8, 4) is 0 Å². The van der Waals surface area contributed by atoms with Gasteiger partial charge in [0.15, 0.2) is 0 Å². The summed E-state index contributed by atoms with van der Waals surface area (Å²) in [6.07, 6.45) is 9.02. The number of anilines is 2. The second kappa shape index (κ2) is 5.58. The Morgan fingerprint density at radius 3 is 1.88 bits per heavy atom. The van der Waals surface area contributed by atoms with Gasteiger partial charge in [-0.1, -0.05) is 31.2 Å². The highest BCUT2D eigenvalue weighted by Gasteiger charge is 2.14. The highest BCUT2D eigenvalue weighted by molar-refractivity contribution is 5.86. The molecule has 1 aromatic carbocycles. The van der Waals surface area contributed by atoms with Crippen LogP contribution in [0.2, 0.25) is 0 Å². The fourth-order valence-corrected chi connectivity index (χ4v) is 2.21. The maximum absolute atomic E-state index is 6.13. The van der Waals surface area contributed by atoms with Gasteiger partial charge in [-0.3, -0.25) is 0 Å². The SMILES string of the molecule is C/C=C\c1c(C)c(CC)c(/C=C\C)c(N)c1N. The van der Waals surface area contributed by atoms with Crippen molar-refractivity contribution in [3.05, 3.63) is 34.4 Å². The molecule has 92 valence electrons. The Bertz CT molecular complexity index is 469. The van der Waals surface area contributed by atoms with Crippen LogP contribution in [0.3, 0.4) is 0 Å². The predicted molar refractivity (Wildman–Crippen MR) is 78.8 cm³/mol. The quantitative estimate of drug-likeness (QED) is 0.776. The van der Waals surface area contributed by atoms with Crippen molar-refractivity contribution in [2.75, 3.05) is 11.5 Å². The molecule has 0 aliphatic rings. The summed E-state index contributed by atoms with van der Waals surface area (Å²) in [4.78, 5) is 0. The number of hydrogen-bond acceptors (Lipinski definition) is 2. The Kier molecular flexibility index (Phi) is 4.38. The molecule has 0 bridgehead atoms. The minimum atomic E-state index is 0.686. The number of hydrogen-bond donors (Lipinski definition) is 2. The summed E-state index contributed by atoms with van der Waals surface area (Å²) < 4.78 is 0. The Balaban J connectivity index is 3.67. The van der Waals surface area contributed by atoms with Crippen LogP contribution in [0, 0.1) is 6.92 Å². The zero-order valence-corrected chi connectivity index (χ0v) is 11.2. The third kappa shape index (κ3) is 2.36. The van der Waals surface area contributed by atoms with Gasteiger partial charge in [0.25, 0.3) is 0 Å². The topological polar surface area (TPSA) is 52.0 Å². The zero-order chi connectivity index (χ0) is 13.0. The molecule has 2 heteroatoms. The molecule has 0 spiro atoms. The van der Waals surface area contributed by atoms with Gasteiger partial charge in [-0.25, -0.2) is 0 Å². The molecule has 0 aliphatic carbocycles. The van der Waals surface area contributed by atoms with Crippen LogP contribution in [-0.2, 0) is 6.42 Å². The van der Waals surface area contributed by atoms with Crippen LogP contribution in [-0.4, -0.2) is 0 Å². The number of benzene rings is 1. The fraction of sp³-hybridized carbons (Fsp3) is 0.333. The van der Waals surface area contributed by atoms with Crippen LogP contribution in [0.5, 0.6) is 0 Å². The van der Waals surface area contributed by atoms with Crippen LogP contribution < -0.4 is 11.5 Å². The third-order valence-electron chi connectivity index (χ3n) is 3.07. The lowest BCUT2D eigenvalue weighted by Crippen LogP contribution is -2.06. The standard InChI is InChI=1S/C15H22N2/c1-5-8-12-10(4)11(7-3)13(9-6-2)15(17)14(12)16/h5-6,8-9H,7,16-17H2,1-4H3/b8-5-,9-6-. The lowest BCUT2D eigenvalue weighted by molar-refractivity contribution is 1.10. The summed E-state index contributed by atoms with van der Waals surface area (Å²) in [6.45, 7) is 8.23. The molecule has 0 amide bonds. The smallest absolute Gasteiger partial charge is 0.0630 e. The first-order valence-electron chi connectivity index (χ1n) is 6.04. The van der Waals surface area contributed by atoms with Gasteiger partial charge >= 0.3 is 0 Å². The average Bonchev–Trinajstić information content (AvgIpc) is 2.32. The Labute approximate surface area is 104 Å². The molecule has 0 saturated heterocycles. The van der Waals surface area contributed by atoms with E-state index in [9.17, 15) is 0 Å². The zero-order valence-electron chi connectivity index (χ0n) is 11.2. The minimum Gasteiger partial charge on any atom is -0.397 e. The normalized spacial score (nSPS) is 11.8. The monoisotopic (exact) mass is 230 g/mol. The summed E-state index contributed by atoms with van der Waals surface area (Å²) in [5, 5.41) is 0. The molecule has 0 saturated carbocycles. The van der Waals surface area contributed by atoms with E-state index in [1.54, 1.807) is 0 Å². The number of rotatable bonds is 3. The molecule has 4 N–H and O–H groups in total. The van der Waals surface area contributed by atoms with Crippen LogP contribution in [0.15, 0.2) is 12.2 Å². The van der Waals surface area contributed by atoms with Gasteiger partial charge < -0.3 is 11.5 Å². The molecule has 0 atom stereocenters. The largest absolute Gasteiger partial charge is 0.397 e. The first-order valence-corrected chi connectivity index (χ1v) is 6.04. The fourth-order valence-electron chi connectivity index (χ4n) is 2.21. The molecule has 1 rings (SSSR count). The van der Waals surface area contributed by atoms with Crippen molar-refractivity contribution < 1.29 is 0 Å². The van der Waals surface area contributed by atoms with Crippen LogP contribution in [0.25, 0.3) is 12.2 Å². The third-order valence-corrected chi connectivity index (χ3v) is 3.07. The highest BCUT2D eigenvalue weighted by Crippen LogP contribution is 2.34. The van der Waals surface area contributed by atoms with Crippen molar-refractivity contribution >= 4 is 23.5 Å². The van der Waals surface area contributed by atoms with Crippen molar-refractivity contribution in [1.29, 1.82) is 0 Å². The summed E-state index contributed by atoms with van der Waals surface area (Å²) in [6, 6.07) is 0. The second-order valence-corrected chi connectivity index (χ2v) is 4.11. The number of allylic oxidation sites excluding steroid dienone is 2. The first kappa shape index (κ1) is 13.4. The summed E-state index contributed by atoms with van der Waals surface area (Å²) >= 11 is 0. The van der Waals surface area contributed by atoms with E-state index in [-0.39, 0.29) is 0 Å². The van der Waals surface area contributed by atoms with E-state index < -0.39 is 0 Å². The Hall–Kier alpha value is -1.70. The summed E-state index contributed by atoms with van der Waals surface area (Å²) in [7, 11) is 0. The van der Waals surface area contributed by atoms with E-state index in [2.05, 4.69) is 13.8 Å². The van der Waals surface area contributed by atoms with Gasteiger partial charge in [0, 0.05) is 11.1 Å². The first-order chi connectivity index (χ1) is 8.08. The molecule has 17 heavy (non-hydrogen) atoms. The molecule has 0 radical (unpaired) electrons.